The molecule has 2 nitrogen and oxygen atoms in total. The first-order valence-electron chi connectivity index (χ1n) is 7.19. The summed E-state index contributed by atoms with van der Waals surface area (Å²) in [6.45, 7) is 6.85. The Labute approximate surface area is 134 Å². The molecule has 112 valence electrons. The number of aliphatic hydroxyl groups is 1. The first-order valence-corrected chi connectivity index (χ1v) is 7.99. The highest BCUT2D eigenvalue weighted by molar-refractivity contribution is 9.10. The molecule has 21 heavy (non-hydrogen) atoms. The number of hydrogen-bond donors (Lipinski definition) is 1. The highest BCUT2D eigenvalue weighted by atomic mass is 79.9. The van der Waals surface area contributed by atoms with Gasteiger partial charge in [-0.05, 0) is 59.5 Å². The fourth-order valence-electron chi connectivity index (χ4n) is 2.38. The zero-order valence-electron chi connectivity index (χ0n) is 12.7. The van der Waals surface area contributed by atoms with Gasteiger partial charge in [0.05, 0.1) is 11.1 Å². The number of halogens is 1. The van der Waals surface area contributed by atoms with Crippen LogP contribution in [0.2, 0.25) is 0 Å². The van der Waals surface area contributed by atoms with Crippen LogP contribution in [-0.2, 0) is 0 Å². The molecule has 0 spiro atoms. The predicted octanol–water partition coefficient (Wildman–Crippen LogP) is 4.94. The highest BCUT2D eigenvalue weighted by Crippen LogP contribution is 2.31. The standard InChI is InChI=1S/C18H21BrO2/c1-4-7-21-17-6-5-14(11-16(17)19)18(20)15-9-12(2)8-13(3)10-15/h5-6,8-11,18,20H,4,7H2,1-3H3. The highest BCUT2D eigenvalue weighted by Gasteiger charge is 2.13. The van der Waals surface area contributed by atoms with E-state index in [1.807, 2.05) is 44.2 Å². The first kappa shape index (κ1) is 16.1. The van der Waals surface area contributed by atoms with Crippen molar-refractivity contribution in [2.45, 2.75) is 33.3 Å². The van der Waals surface area contributed by atoms with Crippen LogP contribution < -0.4 is 4.74 Å². The Balaban J connectivity index is 2.26. The molecule has 0 saturated carbocycles. The number of ether oxygens (including phenoxy) is 1. The lowest BCUT2D eigenvalue weighted by Crippen LogP contribution is -2.02. The molecule has 1 unspecified atom stereocenters. The van der Waals surface area contributed by atoms with Crippen LogP contribution in [0.15, 0.2) is 40.9 Å². The first-order chi connectivity index (χ1) is 10.0. The van der Waals surface area contributed by atoms with Crippen LogP contribution in [0.5, 0.6) is 5.75 Å². The van der Waals surface area contributed by atoms with Crippen LogP contribution in [0.4, 0.5) is 0 Å². The number of hydrogen-bond acceptors (Lipinski definition) is 2. The molecule has 2 aromatic rings. The summed E-state index contributed by atoms with van der Waals surface area (Å²) >= 11 is 3.51. The average Bonchev–Trinajstić information content (AvgIpc) is 2.44. The molecule has 0 saturated heterocycles. The Morgan fingerprint density at radius 1 is 1.05 bits per heavy atom. The fourth-order valence-corrected chi connectivity index (χ4v) is 2.89. The minimum atomic E-state index is -0.625. The van der Waals surface area contributed by atoms with Crippen LogP contribution in [0.1, 0.15) is 41.7 Å². The van der Waals surface area contributed by atoms with Gasteiger partial charge in [0.1, 0.15) is 11.9 Å². The van der Waals surface area contributed by atoms with Crippen LogP contribution >= 0.6 is 15.9 Å². The van der Waals surface area contributed by atoms with Gasteiger partial charge in [-0.2, -0.15) is 0 Å². The molecule has 1 atom stereocenters. The van der Waals surface area contributed by atoms with Crippen molar-refractivity contribution < 1.29 is 9.84 Å². The van der Waals surface area contributed by atoms with E-state index in [2.05, 4.69) is 28.9 Å². The predicted molar refractivity (Wildman–Crippen MR) is 89.9 cm³/mol. The normalized spacial score (nSPS) is 12.2. The molecule has 0 aliphatic rings. The monoisotopic (exact) mass is 348 g/mol. The van der Waals surface area contributed by atoms with Crippen molar-refractivity contribution in [2.24, 2.45) is 0 Å². The maximum absolute atomic E-state index is 10.6. The summed E-state index contributed by atoms with van der Waals surface area (Å²) in [7, 11) is 0. The Kier molecular flexibility index (Phi) is 5.43. The van der Waals surface area contributed by atoms with E-state index in [1.165, 1.54) is 0 Å². The molecule has 0 aromatic heterocycles. The maximum atomic E-state index is 10.6. The molecule has 0 fully saturated rings. The molecular weight excluding hydrogens is 328 g/mol. The lowest BCUT2D eigenvalue weighted by Gasteiger charge is -2.15. The van der Waals surface area contributed by atoms with Crippen LogP contribution in [0.25, 0.3) is 0 Å². The number of benzene rings is 2. The molecule has 2 aromatic carbocycles. The molecule has 0 heterocycles. The summed E-state index contributed by atoms with van der Waals surface area (Å²) in [5.74, 6) is 0.813. The zero-order valence-corrected chi connectivity index (χ0v) is 14.3. The summed E-state index contributed by atoms with van der Waals surface area (Å²) in [4.78, 5) is 0. The molecule has 0 aliphatic carbocycles. The van der Waals surface area contributed by atoms with Gasteiger partial charge in [-0.25, -0.2) is 0 Å². The van der Waals surface area contributed by atoms with Crippen molar-refractivity contribution in [1.82, 2.24) is 0 Å². The lowest BCUT2D eigenvalue weighted by atomic mass is 9.98. The molecule has 0 aliphatic heterocycles. The Morgan fingerprint density at radius 3 is 2.29 bits per heavy atom. The minimum absolute atomic E-state index is 0.625. The van der Waals surface area contributed by atoms with E-state index in [4.69, 9.17) is 4.74 Å². The van der Waals surface area contributed by atoms with E-state index >= 15 is 0 Å². The summed E-state index contributed by atoms with van der Waals surface area (Å²) < 4.78 is 6.51. The van der Waals surface area contributed by atoms with Gasteiger partial charge in [0.2, 0.25) is 0 Å². The van der Waals surface area contributed by atoms with Crippen molar-refractivity contribution in [3.63, 3.8) is 0 Å². The minimum Gasteiger partial charge on any atom is -0.492 e. The maximum Gasteiger partial charge on any atom is 0.133 e. The second-order valence-electron chi connectivity index (χ2n) is 5.36. The molecule has 1 N–H and O–H groups in total. The molecule has 2 rings (SSSR count). The second kappa shape index (κ2) is 7.10. The third-order valence-corrected chi connectivity index (χ3v) is 3.91. The van der Waals surface area contributed by atoms with E-state index < -0.39 is 6.10 Å². The molecule has 0 bridgehead atoms. The zero-order chi connectivity index (χ0) is 15.4. The van der Waals surface area contributed by atoms with E-state index in [1.54, 1.807) is 0 Å². The van der Waals surface area contributed by atoms with Gasteiger partial charge in [0.25, 0.3) is 0 Å². The smallest absolute Gasteiger partial charge is 0.133 e. The van der Waals surface area contributed by atoms with Gasteiger partial charge in [0, 0.05) is 0 Å². The van der Waals surface area contributed by atoms with Gasteiger partial charge < -0.3 is 9.84 Å². The second-order valence-corrected chi connectivity index (χ2v) is 6.22. The largest absolute Gasteiger partial charge is 0.492 e. The third kappa shape index (κ3) is 4.08. The van der Waals surface area contributed by atoms with Crippen molar-refractivity contribution in [1.29, 1.82) is 0 Å². The third-order valence-electron chi connectivity index (χ3n) is 3.29. The number of aryl methyl sites for hydroxylation is 2. The van der Waals surface area contributed by atoms with Gasteiger partial charge in [-0.1, -0.05) is 42.3 Å². The van der Waals surface area contributed by atoms with E-state index in [-0.39, 0.29) is 0 Å². The van der Waals surface area contributed by atoms with Crippen molar-refractivity contribution in [3.8, 4) is 5.75 Å². The average molecular weight is 349 g/mol. The summed E-state index contributed by atoms with van der Waals surface area (Å²) in [5, 5.41) is 10.6. The van der Waals surface area contributed by atoms with Gasteiger partial charge >= 0.3 is 0 Å². The quantitative estimate of drug-likeness (QED) is 0.829. The van der Waals surface area contributed by atoms with Crippen LogP contribution in [0.3, 0.4) is 0 Å². The van der Waals surface area contributed by atoms with E-state index in [9.17, 15) is 5.11 Å². The van der Waals surface area contributed by atoms with E-state index in [0.29, 0.717) is 6.61 Å². The lowest BCUT2D eigenvalue weighted by molar-refractivity contribution is 0.220. The molecule has 3 heteroatoms. The summed E-state index contributed by atoms with van der Waals surface area (Å²) in [6.07, 6.45) is 0.347. The van der Waals surface area contributed by atoms with Crippen LogP contribution in [-0.4, -0.2) is 11.7 Å². The van der Waals surface area contributed by atoms with Crippen LogP contribution in [0, 0.1) is 13.8 Å². The van der Waals surface area contributed by atoms with Gasteiger partial charge in [-0.3, -0.25) is 0 Å². The Hall–Kier alpha value is -1.32. The number of aliphatic hydroxyl groups excluding tert-OH is 1. The Bertz CT molecular complexity index is 602. The number of rotatable bonds is 5. The molecule has 0 amide bonds. The summed E-state index contributed by atoms with van der Waals surface area (Å²) in [5.41, 5.74) is 4.09. The van der Waals surface area contributed by atoms with Gasteiger partial charge in [-0.15, -0.1) is 0 Å². The van der Waals surface area contributed by atoms with E-state index in [0.717, 1.165) is 38.9 Å². The Morgan fingerprint density at radius 2 is 1.71 bits per heavy atom. The molecular formula is C18H21BrO2. The molecule has 0 radical (unpaired) electrons. The van der Waals surface area contributed by atoms with Crippen molar-refractivity contribution in [2.75, 3.05) is 6.61 Å². The van der Waals surface area contributed by atoms with Crippen molar-refractivity contribution in [3.05, 3.63) is 63.1 Å². The fraction of sp³-hybridized carbons (Fsp3) is 0.333. The SMILES string of the molecule is CCCOc1ccc(C(O)c2cc(C)cc(C)c2)cc1Br. The van der Waals surface area contributed by atoms with Crippen molar-refractivity contribution >= 4 is 15.9 Å². The van der Waals surface area contributed by atoms with Gasteiger partial charge in [0.15, 0.2) is 0 Å². The topological polar surface area (TPSA) is 29.5 Å². The summed E-state index contributed by atoms with van der Waals surface area (Å²) in [6, 6.07) is 11.9.